The van der Waals surface area contributed by atoms with Crippen LogP contribution in [0.4, 0.5) is 0 Å². The molecule has 0 aromatic heterocycles. The predicted octanol–water partition coefficient (Wildman–Crippen LogP) is 4.62. The van der Waals surface area contributed by atoms with Gasteiger partial charge in [0.15, 0.2) is 0 Å². The van der Waals surface area contributed by atoms with Crippen LogP contribution < -0.4 is 10.1 Å². The second-order valence-electron chi connectivity index (χ2n) is 6.71. The average molecular weight is 285 g/mol. The van der Waals surface area contributed by atoms with Gasteiger partial charge in [0.1, 0.15) is 5.75 Å². The Morgan fingerprint density at radius 3 is 2.48 bits per heavy atom. The van der Waals surface area contributed by atoms with Gasteiger partial charge in [0, 0.05) is 18.7 Å². The van der Waals surface area contributed by atoms with E-state index in [-0.39, 0.29) is 5.41 Å². The molecule has 0 heterocycles. The van der Waals surface area contributed by atoms with Gasteiger partial charge in [-0.3, -0.25) is 0 Å². The van der Waals surface area contributed by atoms with Gasteiger partial charge in [-0.1, -0.05) is 58.0 Å². The summed E-state index contributed by atoms with van der Waals surface area (Å²) in [5, 5.41) is 6.14. The van der Waals surface area contributed by atoms with E-state index < -0.39 is 0 Å². The summed E-state index contributed by atoms with van der Waals surface area (Å²) in [5.41, 5.74) is 1.54. The van der Waals surface area contributed by atoms with E-state index in [2.05, 4.69) is 69.4 Å². The molecule has 2 heteroatoms. The summed E-state index contributed by atoms with van der Waals surface area (Å²) in [6.45, 7) is 11.0. The molecule has 0 aliphatic heterocycles. The van der Waals surface area contributed by atoms with Crippen molar-refractivity contribution in [3.05, 3.63) is 42.0 Å². The second-order valence-corrected chi connectivity index (χ2v) is 6.71. The maximum atomic E-state index is 5.54. The molecule has 21 heavy (non-hydrogen) atoms. The highest BCUT2D eigenvalue weighted by molar-refractivity contribution is 5.87. The van der Waals surface area contributed by atoms with Crippen LogP contribution in [-0.2, 0) is 6.54 Å². The Kier molecular flexibility index (Phi) is 4.89. The van der Waals surface area contributed by atoms with Gasteiger partial charge in [0.25, 0.3) is 0 Å². The van der Waals surface area contributed by atoms with Crippen LogP contribution in [-0.4, -0.2) is 13.7 Å². The van der Waals surface area contributed by atoms with Crippen LogP contribution in [0.2, 0.25) is 0 Å². The minimum atomic E-state index is 0.290. The summed E-state index contributed by atoms with van der Waals surface area (Å²) < 4.78 is 5.54. The molecule has 0 aliphatic carbocycles. The van der Waals surface area contributed by atoms with Crippen LogP contribution in [0, 0.1) is 11.3 Å². The Labute approximate surface area is 128 Å². The largest absolute Gasteiger partial charge is 0.496 e. The summed E-state index contributed by atoms with van der Waals surface area (Å²) in [4.78, 5) is 0. The maximum Gasteiger partial charge on any atom is 0.123 e. The number of hydrogen-bond acceptors (Lipinski definition) is 2. The number of nitrogens with one attached hydrogen (secondary N) is 1. The van der Waals surface area contributed by atoms with Crippen molar-refractivity contribution in [2.45, 2.75) is 34.2 Å². The van der Waals surface area contributed by atoms with Crippen LogP contribution in [0.1, 0.15) is 33.3 Å². The van der Waals surface area contributed by atoms with E-state index in [4.69, 9.17) is 4.74 Å². The van der Waals surface area contributed by atoms with Gasteiger partial charge in [-0.15, -0.1) is 0 Å². The summed E-state index contributed by atoms with van der Waals surface area (Å²) in [7, 11) is 1.74. The Morgan fingerprint density at radius 1 is 1.10 bits per heavy atom. The van der Waals surface area contributed by atoms with Crippen LogP contribution in [0.5, 0.6) is 5.75 Å². The molecule has 2 aromatic rings. The molecule has 0 spiro atoms. The average Bonchev–Trinajstić information content (AvgIpc) is 2.47. The molecule has 0 bridgehead atoms. The lowest BCUT2D eigenvalue weighted by molar-refractivity contribution is 0.237. The van der Waals surface area contributed by atoms with Crippen molar-refractivity contribution < 1.29 is 4.74 Å². The fourth-order valence-electron chi connectivity index (χ4n) is 2.40. The fraction of sp³-hybridized carbons (Fsp3) is 0.474. The van der Waals surface area contributed by atoms with Gasteiger partial charge in [0.2, 0.25) is 0 Å². The zero-order valence-corrected chi connectivity index (χ0v) is 13.9. The van der Waals surface area contributed by atoms with Crippen molar-refractivity contribution in [3.8, 4) is 5.75 Å². The number of rotatable bonds is 6. The zero-order chi connectivity index (χ0) is 15.5. The quantitative estimate of drug-likeness (QED) is 0.836. The van der Waals surface area contributed by atoms with Crippen molar-refractivity contribution in [1.29, 1.82) is 0 Å². The SMILES string of the molecule is COc1ccc2ccccc2c1CNCC(C)(C)C(C)C. The van der Waals surface area contributed by atoms with E-state index in [1.54, 1.807) is 7.11 Å². The zero-order valence-electron chi connectivity index (χ0n) is 13.9. The third-order valence-corrected chi connectivity index (χ3v) is 4.66. The highest BCUT2D eigenvalue weighted by Crippen LogP contribution is 2.29. The minimum Gasteiger partial charge on any atom is -0.496 e. The summed E-state index contributed by atoms with van der Waals surface area (Å²) in [6.07, 6.45) is 0. The number of methoxy groups -OCH3 is 1. The van der Waals surface area contributed by atoms with Crippen molar-refractivity contribution >= 4 is 10.8 Å². The monoisotopic (exact) mass is 285 g/mol. The van der Waals surface area contributed by atoms with Gasteiger partial charge < -0.3 is 10.1 Å². The van der Waals surface area contributed by atoms with Gasteiger partial charge in [0.05, 0.1) is 7.11 Å². The summed E-state index contributed by atoms with van der Waals surface area (Å²) in [6, 6.07) is 12.7. The van der Waals surface area contributed by atoms with Crippen molar-refractivity contribution in [1.82, 2.24) is 5.32 Å². The Hall–Kier alpha value is -1.54. The van der Waals surface area contributed by atoms with E-state index in [1.165, 1.54) is 16.3 Å². The molecule has 1 N–H and O–H groups in total. The first-order chi connectivity index (χ1) is 9.95. The first-order valence-electron chi connectivity index (χ1n) is 7.71. The van der Waals surface area contributed by atoms with Gasteiger partial charge in [-0.25, -0.2) is 0 Å². The van der Waals surface area contributed by atoms with E-state index >= 15 is 0 Å². The molecule has 0 unspecified atom stereocenters. The lowest BCUT2D eigenvalue weighted by Crippen LogP contribution is -2.33. The van der Waals surface area contributed by atoms with Gasteiger partial charge in [-0.2, -0.15) is 0 Å². The van der Waals surface area contributed by atoms with Crippen molar-refractivity contribution in [3.63, 3.8) is 0 Å². The molecule has 2 aromatic carbocycles. The van der Waals surface area contributed by atoms with E-state index in [1.807, 2.05) is 0 Å². The normalized spacial score (nSPS) is 12.1. The third kappa shape index (κ3) is 3.56. The summed E-state index contributed by atoms with van der Waals surface area (Å²) in [5.74, 6) is 1.61. The first kappa shape index (κ1) is 15.8. The third-order valence-electron chi connectivity index (χ3n) is 4.66. The van der Waals surface area contributed by atoms with Crippen LogP contribution in [0.15, 0.2) is 36.4 Å². The molecule has 0 saturated heterocycles. The lowest BCUT2D eigenvalue weighted by atomic mass is 9.81. The van der Waals surface area contributed by atoms with Crippen LogP contribution in [0.3, 0.4) is 0 Å². The number of ether oxygens (including phenoxy) is 1. The predicted molar refractivity (Wildman–Crippen MR) is 90.8 cm³/mol. The number of hydrogen-bond donors (Lipinski definition) is 1. The second kappa shape index (κ2) is 6.48. The van der Waals surface area contributed by atoms with Crippen LogP contribution >= 0.6 is 0 Å². The molecule has 0 saturated carbocycles. The van der Waals surface area contributed by atoms with Crippen LogP contribution in [0.25, 0.3) is 10.8 Å². The Morgan fingerprint density at radius 2 is 1.81 bits per heavy atom. The molecule has 0 aliphatic rings. The lowest BCUT2D eigenvalue weighted by Gasteiger charge is -2.29. The van der Waals surface area contributed by atoms with Crippen molar-refractivity contribution in [2.24, 2.45) is 11.3 Å². The van der Waals surface area contributed by atoms with E-state index in [0.29, 0.717) is 5.92 Å². The maximum absolute atomic E-state index is 5.54. The van der Waals surface area contributed by atoms with E-state index in [9.17, 15) is 0 Å². The first-order valence-corrected chi connectivity index (χ1v) is 7.71. The standard InChI is InChI=1S/C19H27NO/c1-14(2)19(3,4)13-20-12-17-16-9-7-6-8-15(16)10-11-18(17)21-5/h6-11,14,20H,12-13H2,1-5H3. The fourth-order valence-corrected chi connectivity index (χ4v) is 2.40. The van der Waals surface area contributed by atoms with Gasteiger partial charge in [-0.05, 0) is 28.2 Å². The topological polar surface area (TPSA) is 21.3 Å². The van der Waals surface area contributed by atoms with E-state index in [0.717, 1.165) is 18.8 Å². The smallest absolute Gasteiger partial charge is 0.123 e. The minimum absolute atomic E-state index is 0.290. The molecule has 0 amide bonds. The Balaban J connectivity index is 2.21. The molecule has 2 nitrogen and oxygen atoms in total. The Bertz CT molecular complexity index is 602. The van der Waals surface area contributed by atoms with Crippen molar-refractivity contribution in [2.75, 3.05) is 13.7 Å². The molecule has 0 atom stereocenters. The van der Waals surface area contributed by atoms with Gasteiger partial charge >= 0.3 is 0 Å². The molecule has 0 fully saturated rings. The molecular weight excluding hydrogens is 258 g/mol. The molecule has 0 radical (unpaired) electrons. The summed E-state index contributed by atoms with van der Waals surface area (Å²) >= 11 is 0. The number of fused-ring (bicyclic) bond motifs is 1. The number of benzene rings is 2. The highest BCUT2D eigenvalue weighted by Gasteiger charge is 2.21. The highest BCUT2D eigenvalue weighted by atomic mass is 16.5. The molecular formula is C19H27NO. The molecule has 114 valence electrons. The molecule has 2 rings (SSSR count).